The first-order chi connectivity index (χ1) is 15.2. The van der Waals surface area contributed by atoms with Gasteiger partial charge in [-0.3, -0.25) is 0 Å². The summed E-state index contributed by atoms with van der Waals surface area (Å²) in [5.74, 6) is 0.369. The zero-order valence-corrected chi connectivity index (χ0v) is 18.5. The fourth-order valence-corrected chi connectivity index (χ4v) is 3.15. The molecule has 1 heterocycles. The van der Waals surface area contributed by atoms with Gasteiger partial charge in [0.1, 0.15) is 25.4 Å². The van der Waals surface area contributed by atoms with Crippen LogP contribution in [0.4, 0.5) is 4.79 Å². The summed E-state index contributed by atoms with van der Waals surface area (Å²) in [4.78, 5) is 24.9. The molecule has 0 saturated heterocycles. The molecule has 1 aliphatic heterocycles. The SMILES string of the molecule is CC(C)(C)OC(=O)C(O)C(Cc1ccc2c(c1)OCCO2)NC(=O)OCc1ccccc1. The van der Waals surface area contributed by atoms with Gasteiger partial charge in [-0.25, -0.2) is 9.59 Å². The van der Waals surface area contributed by atoms with Crippen molar-refractivity contribution in [1.29, 1.82) is 0 Å². The highest BCUT2D eigenvalue weighted by Crippen LogP contribution is 2.31. The van der Waals surface area contributed by atoms with Gasteiger partial charge in [-0.05, 0) is 50.5 Å². The number of rotatable bonds is 7. The standard InChI is InChI=1S/C24H29NO7/c1-24(2,3)32-22(27)21(26)18(25-23(28)31-15-16-7-5-4-6-8-16)13-17-9-10-19-20(14-17)30-12-11-29-19/h4-10,14,18,21,26H,11-13,15H2,1-3H3,(H,25,28). The Hall–Kier alpha value is -3.26. The van der Waals surface area contributed by atoms with Crippen LogP contribution in [0.15, 0.2) is 48.5 Å². The molecule has 0 fully saturated rings. The lowest BCUT2D eigenvalue weighted by Crippen LogP contribution is -2.50. The van der Waals surface area contributed by atoms with Crippen LogP contribution in [0.1, 0.15) is 31.9 Å². The Balaban J connectivity index is 1.71. The summed E-state index contributed by atoms with van der Waals surface area (Å²) in [5.41, 5.74) is 0.775. The summed E-state index contributed by atoms with van der Waals surface area (Å²) in [6.07, 6.45) is -2.19. The van der Waals surface area contributed by atoms with Gasteiger partial charge in [0.15, 0.2) is 17.6 Å². The largest absolute Gasteiger partial charge is 0.486 e. The fourth-order valence-electron chi connectivity index (χ4n) is 3.15. The first-order valence-corrected chi connectivity index (χ1v) is 10.5. The van der Waals surface area contributed by atoms with Crippen molar-refractivity contribution >= 4 is 12.1 Å². The van der Waals surface area contributed by atoms with Gasteiger partial charge in [0.05, 0.1) is 6.04 Å². The Morgan fingerprint density at radius 2 is 1.72 bits per heavy atom. The van der Waals surface area contributed by atoms with Crippen molar-refractivity contribution in [2.24, 2.45) is 0 Å². The van der Waals surface area contributed by atoms with Gasteiger partial charge in [-0.1, -0.05) is 36.4 Å². The van der Waals surface area contributed by atoms with Crippen LogP contribution in [0.5, 0.6) is 11.5 Å². The van der Waals surface area contributed by atoms with E-state index < -0.39 is 29.8 Å². The molecule has 8 nitrogen and oxygen atoms in total. The van der Waals surface area contributed by atoms with Crippen molar-refractivity contribution in [2.75, 3.05) is 13.2 Å². The maximum Gasteiger partial charge on any atom is 0.407 e. The number of carbonyl (C=O) groups excluding carboxylic acids is 2. The van der Waals surface area contributed by atoms with E-state index in [2.05, 4.69) is 5.32 Å². The average molecular weight is 443 g/mol. The lowest BCUT2D eigenvalue weighted by atomic mass is 10.0. The van der Waals surface area contributed by atoms with Gasteiger partial charge in [0, 0.05) is 0 Å². The van der Waals surface area contributed by atoms with Crippen LogP contribution < -0.4 is 14.8 Å². The smallest absolute Gasteiger partial charge is 0.407 e. The van der Waals surface area contributed by atoms with Crippen molar-refractivity contribution in [3.05, 3.63) is 59.7 Å². The highest BCUT2D eigenvalue weighted by Gasteiger charge is 2.32. The summed E-state index contributed by atoms with van der Waals surface area (Å²) in [6.45, 7) is 6.08. The number of alkyl carbamates (subject to hydrolysis) is 1. The number of fused-ring (bicyclic) bond motifs is 1. The minimum absolute atomic E-state index is 0.0615. The number of ether oxygens (including phenoxy) is 4. The van der Waals surface area contributed by atoms with Gasteiger partial charge in [0.2, 0.25) is 0 Å². The molecule has 0 radical (unpaired) electrons. The van der Waals surface area contributed by atoms with Crippen LogP contribution in [0, 0.1) is 0 Å². The van der Waals surface area contributed by atoms with Crippen molar-refractivity contribution in [3.8, 4) is 11.5 Å². The quantitative estimate of drug-likeness (QED) is 0.634. The molecule has 172 valence electrons. The van der Waals surface area contributed by atoms with E-state index in [9.17, 15) is 14.7 Å². The molecule has 0 aliphatic carbocycles. The Labute approximate surface area is 187 Å². The van der Waals surface area contributed by atoms with Crippen LogP contribution in [0.3, 0.4) is 0 Å². The van der Waals surface area contributed by atoms with E-state index in [-0.39, 0.29) is 13.0 Å². The lowest BCUT2D eigenvalue weighted by Gasteiger charge is -2.27. The van der Waals surface area contributed by atoms with E-state index in [1.807, 2.05) is 30.3 Å². The second-order valence-electron chi connectivity index (χ2n) is 8.47. The van der Waals surface area contributed by atoms with Gasteiger partial charge in [-0.2, -0.15) is 0 Å². The summed E-state index contributed by atoms with van der Waals surface area (Å²) in [6, 6.07) is 13.5. The average Bonchev–Trinajstić information content (AvgIpc) is 2.76. The van der Waals surface area contributed by atoms with E-state index >= 15 is 0 Å². The van der Waals surface area contributed by atoms with Crippen LogP contribution in [-0.2, 0) is 27.3 Å². The Morgan fingerprint density at radius 1 is 1.03 bits per heavy atom. The minimum atomic E-state index is -1.59. The molecule has 0 spiro atoms. The third-order valence-corrected chi connectivity index (χ3v) is 4.61. The van der Waals surface area contributed by atoms with Crippen LogP contribution in [-0.4, -0.2) is 48.1 Å². The van der Waals surface area contributed by atoms with Crippen molar-refractivity contribution in [3.63, 3.8) is 0 Å². The molecule has 2 unspecified atom stereocenters. The van der Waals surface area contributed by atoms with Gasteiger partial charge < -0.3 is 29.4 Å². The van der Waals surface area contributed by atoms with E-state index in [0.29, 0.717) is 24.7 Å². The zero-order chi connectivity index (χ0) is 23.1. The Kier molecular flexibility index (Phi) is 7.58. The molecule has 1 aliphatic rings. The molecule has 1 amide bonds. The molecule has 0 aromatic heterocycles. The molecule has 2 aromatic carbocycles. The highest BCUT2D eigenvalue weighted by molar-refractivity contribution is 5.77. The summed E-state index contributed by atoms with van der Waals surface area (Å²) in [5, 5.41) is 13.3. The van der Waals surface area contributed by atoms with E-state index in [1.54, 1.807) is 39.0 Å². The molecule has 3 rings (SSSR count). The monoisotopic (exact) mass is 443 g/mol. The number of aliphatic hydroxyl groups excluding tert-OH is 1. The van der Waals surface area contributed by atoms with E-state index in [0.717, 1.165) is 11.1 Å². The lowest BCUT2D eigenvalue weighted by molar-refractivity contribution is -0.166. The number of hydrogen-bond donors (Lipinski definition) is 2. The molecular weight excluding hydrogens is 414 g/mol. The zero-order valence-electron chi connectivity index (χ0n) is 18.5. The summed E-state index contributed by atoms with van der Waals surface area (Å²) < 4.78 is 21.7. The number of hydrogen-bond acceptors (Lipinski definition) is 7. The van der Waals surface area contributed by atoms with Gasteiger partial charge in [-0.15, -0.1) is 0 Å². The number of benzene rings is 2. The first-order valence-electron chi connectivity index (χ1n) is 10.5. The molecule has 2 N–H and O–H groups in total. The molecule has 8 heteroatoms. The van der Waals surface area contributed by atoms with E-state index in [4.69, 9.17) is 18.9 Å². The van der Waals surface area contributed by atoms with Gasteiger partial charge >= 0.3 is 12.1 Å². The van der Waals surface area contributed by atoms with Crippen LogP contribution >= 0.6 is 0 Å². The fraction of sp³-hybridized carbons (Fsp3) is 0.417. The molecular formula is C24H29NO7. The molecule has 2 atom stereocenters. The number of nitrogens with one attached hydrogen (secondary N) is 1. The number of carbonyl (C=O) groups is 2. The number of esters is 1. The summed E-state index contributed by atoms with van der Waals surface area (Å²) >= 11 is 0. The molecule has 0 saturated carbocycles. The normalized spacial score (nSPS) is 14.8. The van der Waals surface area contributed by atoms with E-state index in [1.165, 1.54) is 0 Å². The van der Waals surface area contributed by atoms with Crippen LogP contribution in [0.25, 0.3) is 0 Å². The highest BCUT2D eigenvalue weighted by atomic mass is 16.6. The predicted octanol–water partition coefficient (Wildman–Crippen LogP) is 3.00. The third-order valence-electron chi connectivity index (χ3n) is 4.61. The minimum Gasteiger partial charge on any atom is -0.486 e. The van der Waals surface area contributed by atoms with Crippen molar-refractivity contribution in [1.82, 2.24) is 5.32 Å². The topological polar surface area (TPSA) is 103 Å². The summed E-state index contributed by atoms with van der Waals surface area (Å²) in [7, 11) is 0. The Morgan fingerprint density at radius 3 is 2.41 bits per heavy atom. The maximum atomic E-state index is 12.5. The van der Waals surface area contributed by atoms with Gasteiger partial charge in [0.25, 0.3) is 0 Å². The van der Waals surface area contributed by atoms with Crippen LogP contribution in [0.2, 0.25) is 0 Å². The van der Waals surface area contributed by atoms with Crippen molar-refractivity contribution < 1.29 is 33.6 Å². The second-order valence-corrected chi connectivity index (χ2v) is 8.47. The molecule has 2 aromatic rings. The first kappa shape index (κ1) is 23.4. The van der Waals surface area contributed by atoms with Crippen molar-refractivity contribution in [2.45, 2.75) is 51.5 Å². The maximum absolute atomic E-state index is 12.5. The third kappa shape index (κ3) is 6.88. The molecule has 32 heavy (non-hydrogen) atoms. The molecule has 0 bridgehead atoms. The predicted molar refractivity (Wildman–Crippen MR) is 117 cm³/mol. The number of aliphatic hydroxyl groups is 1. The second kappa shape index (κ2) is 10.4. The number of amides is 1. The Bertz CT molecular complexity index is 924.